The molecule has 2 atom stereocenters. The van der Waals surface area contributed by atoms with E-state index in [1.807, 2.05) is 13.0 Å². The summed E-state index contributed by atoms with van der Waals surface area (Å²) in [7, 11) is 0. The Kier molecular flexibility index (Phi) is 2.46. The molecule has 0 spiro atoms. The summed E-state index contributed by atoms with van der Waals surface area (Å²) >= 11 is 0. The average molecular weight is 195 g/mol. The van der Waals surface area contributed by atoms with Gasteiger partial charge in [-0.15, -0.1) is 0 Å². The van der Waals surface area contributed by atoms with Crippen LogP contribution in [0.1, 0.15) is 19.6 Å². The summed E-state index contributed by atoms with van der Waals surface area (Å²) in [6.45, 7) is 8.31. The molecule has 0 bridgehead atoms. The first-order valence-electron chi connectivity index (χ1n) is 5.10. The molecule has 2 rings (SSSR count). The van der Waals surface area contributed by atoms with E-state index < -0.39 is 0 Å². The van der Waals surface area contributed by atoms with E-state index in [-0.39, 0.29) is 0 Å². The number of rotatable bonds is 1. The standard InChI is InChI=1S/C10H17N3O/c1-7-6-13(8(2)5-11-7)10-4-9(3)14-12-10/h4,7-8,11H,5-6H2,1-3H3. The first-order chi connectivity index (χ1) is 6.66. The van der Waals surface area contributed by atoms with Crippen molar-refractivity contribution in [2.75, 3.05) is 18.0 Å². The van der Waals surface area contributed by atoms with Crippen molar-refractivity contribution in [2.45, 2.75) is 32.9 Å². The van der Waals surface area contributed by atoms with Gasteiger partial charge in [0.15, 0.2) is 5.82 Å². The lowest BCUT2D eigenvalue weighted by atomic mass is 10.1. The van der Waals surface area contributed by atoms with Crippen molar-refractivity contribution in [3.05, 3.63) is 11.8 Å². The van der Waals surface area contributed by atoms with Crippen molar-refractivity contribution in [3.63, 3.8) is 0 Å². The summed E-state index contributed by atoms with van der Waals surface area (Å²) in [6.07, 6.45) is 0. The fourth-order valence-electron chi connectivity index (χ4n) is 1.83. The van der Waals surface area contributed by atoms with E-state index >= 15 is 0 Å². The third-order valence-electron chi connectivity index (χ3n) is 2.67. The Bertz CT molecular complexity index is 310. The normalized spacial score (nSPS) is 28.1. The summed E-state index contributed by atoms with van der Waals surface area (Å²) in [5.41, 5.74) is 0. The van der Waals surface area contributed by atoms with E-state index in [2.05, 4.69) is 29.2 Å². The second kappa shape index (κ2) is 3.61. The number of aromatic nitrogens is 1. The Morgan fingerprint density at radius 3 is 3.00 bits per heavy atom. The maximum atomic E-state index is 5.09. The molecule has 1 aliphatic rings. The van der Waals surface area contributed by atoms with Gasteiger partial charge in [0.05, 0.1) is 0 Å². The average Bonchev–Trinajstić information content (AvgIpc) is 2.56. The first kappa shape index (κ1) is 9.52. The van der Waals surface area contributed by atoms with Crippen LogP contribution in [0.3, 0.4) is 0 Å². The largest absolute Gasteiger partial charge is 0.360 e. The number of hydrogen-bond acceptors (Lipinski definition) is 4. The zero-order valence-corrected chi connectivity index (χ0v) is 8.95. The van der Waals surface area contributed by atoms with Crippen LogP contribution in [-0.2, 0) is 0 Å². The lowest BCUT2D eigenvalue weighted by Crippen LogP contribution is -2.54. The minimum atomic E-state index is 0.482. The van der Waals surface area contributed by atoms with Crippen molar-refractivity contribution in [1.82, 2.24) is 10.5 Å². The molecule has 0 saturated carbocycles. The topological polar surface area (TPSA) is 41.3 Å². The lowest BCUT2D eigenvalue weighted by Gasteiger charge is -2.37. The highest BCUT2D eigenvalue weighted by atomic mass is 16.5. The molecule has 1 fully saturated rings. The van der Waals surface area contributed by atoms with Crippen LogP contribution in [-0.4, -0.2) is 30.3 Å². The summed E-state index contributed by atoms with van der Waals surface area (Å²) in [6, 6.07) is 2.99. The molecular weight excluding hydrogens is 178 g/mol. The number of nitrogens with zero attached hydrogens (tertiary/aromatic N) is 2. The van der Waals surface area contributed by atoms with Crippen molar-refractivity contribution >= 4 is 5.82 Å². The number of anilines is 1. The lowest BCUT2D eigenvalue weighted by molar-refractivity contribution is 0.381. The summed E-state index contributed by atoms with van der Waals surface area (Å²) < 4.78 is 5.09. The van der Waals surface area contributed by atoms with Gasteiger partial charge in [0, 0.05) is 31.2 Å². The Morgan fingerprint density at radius 2 is 2.36 bits per heavy atom. The fraction of sp³-hybridized carbons (Fsp3) is 0.700. The van der Waals surface area contributed by atoms with Crippen molar-refractivity contribution in [3.8, 4) is 0 Å². The third-order valence-corrected chi connectivity index (χ3v) is 2.67. The molecule has 0 radical (unpaired) electrons. The SMILES string of the molecule is Cc1cc(N2CC(C)NCC2C)no1. The molecule has 78 valence electrons. The first-order valence-corrected chi connectivity index (χ1v) is 5.10. The molecule has 1 aromatic heterocycles. The van der Waals surface area contributed by atoms with Gasteiger partial charge in [0.2, 0.25) is 0 Å². The minimum Gasteiger partial charge on any atom is -0.360 e. The minimum absolute atomic E-state index is 0.482. The van der Waals surface area contributed by atoms with Gasteiger partial charge in [0.1, 0.15) is 5.76 Å². The predicted molar refractivity (Wildman–Crippen MR) is 55.5 cm³/mol. The maximum Gasteiger partial charge on any atom is 0.172 e. The molecule has 4 nitrogen and oxygen atoms in total. The highest BCUT2D eigenvalue weighted by Gasteiger charge is 2.24. The molecule has 1 saturated heterocycles. The van der Waals surface area contributed by atoms with Crippen LogP contribution in [0.15, 0.2) is 10.6 Å². The Labute approximate surface area is 84.3 Å². The monoisotopic (exact) mass is 195 g/mol. The zero-order valence-electron chi connectivity index (χ0n) is 8.95. The summed E-state index contributed by atoms with van der Waals surface area (Å²) in [5, 5.41) is 7.49. The number of piperazine rings is 1. The molecule has 1 aromatic rings. The summed E-state index contributed by atoms with van der Waals surface area (Å²) in [5.74, 6) is 1.83. The molecule has 14 heavy (non-hydrogen) atoms. The Morgan fingerprint density at radius 1 is 1.57 bits per heavy atom. The van der Waals surface area contributed by atoms with Gasteiger partial charge in [-0.25, -0.2) is 0 Å². The van der Waals surface area contributed by atoms with Crippen LogP contribution in [0.4, 0.5) is 5.82 Å². The number of aryl methyl sites for hydroxylation is 1. The third kappa shape index (κ3) is 1.75. The molecule has 0 aromatic carbocycles. The molecule has 1 aliphatic heterocycles. The van der Waals surface area contributed by atoms with Crippen molar-refractivity contribution in [1.29, 1.82) is 0 Å². The smallest absolute Gasteiger partial charge is 0.172 e. The molecule has 2 unspecified atom stereocenters. The molecular formula is C10H17N3O. The zero-order chi connectivity index (χ0) is 10.1. The highest BCUT2D eigenvalue weighted by Crippen LogP contribution is 2.18. The van der Waals surface area contributed by atoms with Gasteiger partial charge in [-0.3, -0.25) is 0 Å². The highest BCUT2D eigenvalue weighted by molar-refractivity contribution is 5.40. The van der Waals surface area contributed by atoms with Gasteiger partial charge in [-0.2, -0.15) is 0 Å². The van der Waals surface area contributed by atoms with Crippen LogP contribution >= 0.6 is 0 Å². The van der Waals surface area contributed by atoms with Crippen LogP contribution in [0.5, 0.6) is 0 Å². The van der Waals surface area contributed by atoms with E-state index in [1.54, 1.807) is 0 Å². The van der Waals surface area contributed by atoms with Crippen molar-refractivity contribution < 1.29 is 4.52 Å². The Hall–Kier alpha value is -1.03. The van der Waals surface area contributed by atoms with Gasteiger partial charge in [-0.1, -0.05) is 5.16 Å². The van der Waals surface area contributed by atoms with E-state index in [0.717, 1.165) is 24.7 Å². The molecule has 0 amide bonds. The number of hydrogen-bond donors (Lipinski definition) is 1. The second-order valence-electron chi connectivity index (χ2n) is 4.11. The molecule has 1 N–H and O–H groups in total. The number of nitrogens with one attached hydrogen (secondary N) is 1. The molecule has 0 aliphatic carbocycles. The van der Waals surface area contributed by atoms with E-state index in [4.69, 9.17) is 4.52 Å². The van der Waals surface area contributed by atoms with Gasteiger partial charge >= 0.3 is 0 Å². The van der Waals surface area contributed by atoms with Gasteiger partial charge in [-0.05, 0) is 20.8 Å². The quantitative estimate of drug-likeness (QED) is 0.730. The predicted octanol–water partition coefficient (Wildman–Crippen LogP) is 1.17. The van der Waals surface area contributed by atoms with Crippen molar-refractivity contribution in [2.24, 2.45) is 0 Å². The van der Waals surface area contributed by atoms with Gasteiger partial charge in [0.25, 0.3) is 0 Å². The van der Waals surface area contributed by atoms with E-state index in [1.165, 1.54) is 0 Å². The Balaban J connectivity index is 2.15. The second-order valence-corrected chi connectivity index (χ2v) is 4.11. The van der Waals surface area contributed by atoms with E-state index in [0.29, 0.717) is 12.1 Å². The molecule has 2 heterocycles. The molecule has 4 heteroatoms. The van der Waals surface area contributed by atoms with Crippen LogP contribution < -0.4 is 10.2 Å². The maximum absolute atomic E-state index is 5.09. The van der Waals surface area contributed by atoms with Crippen LogP contribution in [0.25, 0.3) is 0 Å². The van der Waals surface area contributed by atoms with E-state index in [9.17, 15) is 0 Å². The fourth-order valence-corrected chi connectivity index (χ4v) is 1.83. The van der Waals surface area contributed by atoms with Crippen LogP contribution in [0.2, 0.25) is 0 Å². The summed E-state index contributed by atoms with van der Waals surface area (Å²) in [4.78, 5) is 2.29. The van der Waals surface area contributed by atoms with Gasteiger partial charge < -0.3 is 14.7 Å². The van der Waals surface area contributed by atoms with Crippen LogP contribution in [0, 0.1) is 6.92 Å².